The fourth-order valence-corrected chi connectivity index (χ4v) is 1.87. The Morgan fingerprint density at radius 1 is 1.00 bits per heavy atom. The van der Waals surface area contributed by atoms with E-state index in [0.717, 1.165) is 16.7 Å². The van der Waals surface area contributed by atoms with Gasteiger partial charge in [-0.15, -0.1) is 0 Å². The topological polar surface area (TPSA) is 35.0 Å². The van der Waals surface area contributed by atoms with E-state index < -0.39 is 0 Å². The van der Waals surface area contributed by atoms with Gasteiger partial charge in [0, 0.05) is 10.4 Å². The van der Waals surface area contributed by atoms with Gasteiger partial charge < -0.3 is 4.74 Å². The number of aromatic nitrogens is 2. The van der Waals surface area contributed by atoms with E-state index in [9.17, 15) is 0 Å². The molecule has 2 aromatic carbocycles. The van der Waals surface area contributed by atoms with Crippen LogP contribution in [0.1, 0.15) is 0 Å². The normalized spacial score (nSPS) is 10.5. The highest BCUT2D eigenvalue weighted by Crippen LogP contribution is 2.29. The molecule has 3 rings (SSSR count). The Morgan fingerprint density at radius 3 is 2.67 bits per heavy atom. The molecule has 0 atom stereocenters. The van der Waals surface area contributed by atoms with E-state index in [-0.39, 0.29) is 0 Å². The summed E-state index contributed by atoms with van der Waals surface area (Å²) in [4.78, 5) is 0. The van der Waals surface area contributed by atoms with Crippen LogP contribution in [0.5, 0.6) is 11.5 Å². The molecule has 0 saturated carbocycles. The van der Waals surface area contributed by atoms with E-state index in [1.165, 1.54) is 0 Å². The lowest BCUT2D eigenvalue weighted by Crippen LogP contribution is -1.90. The van der Waals surface area contributed by atoms with Crippen LogP contribution in [0.2, 0.25) is 5.02 Å². The fraction of sp³-hybridized carbons (Fsp3) is 0. The molecule has 0 amide bonds. The molecular weight excluding hydrogens is 248 g/mol. The second-order valence-corrected chi connectivity index (χ2v) is 4.22. The lowest BCUT2D eigenvalue weighted by atomic mass is 10.2. The largest absolute Gasteiger partial charge is 0.455 e. The van der Waals surface area contributed by atoms with Crippen molar-refractivity contribution in [2.45, 2.75) is 0 Å². The minimum atomic E-state index is 0.633. The summed E-state index contributed by atoms with van der Waals surface area (Å²) >= 11 is 5.92. The number of hydrogen-bond acceptors (Lipinski definition) is 3. The van der Waals surface area contributed by atoms with Crippen molar-refractivity contribution in [3.05, 3.63) is 59.8 Å². The van der Waals surface area contributed by atoms with E-state index in [1.807, 2.05) is 42.5 Å². The van der Waals surface area contributed by atoms with E-state index in [0.29, 0.717) is 10.8 Å². The Morgan fingerprint density at radius 2 is 1.83 bits per heavy atom. The summed E-state index contributed by atoms with van der Waals surface area (Å²) < 4.78 is 5.79. The molecule has 0 radical (unpaired) electrons. The van der Waals surface area contributed by atoms with Crippen LogP contribution in [-0.4, -0.2) is 10.2 Å². The Bertz CT molecular complexity index is 686. The molecule has 0 bridgehead atoms. The highest BCUT2D eigenvalue weighted by molar-refractivity contribution is 6.31. The maximum Gasteiger partial charge on any atom is 0.156 e. The first-order valence-corrected chi connectivity index (χ1v) is 5.84. The third-order valence-electron chi connectivity index (χ3n) is 2.54. The quantitative estimate of drug-likeness (QED) is 0.693. The van der Waals surface area contributed by atoms with Crippen LogP contribution in [-0.2, 0) is 0 Å². The van der Waals surface area contributed by atoms with Crippen molar-refractivity contribution >= 4 is 22.5 Å². The minimum absolute atomic E-state index is 0.633. The number of hydrogen-bond donors (Lipinski definition) is 0. The van der Waals surface area contributed by atoms with E-state index in [4.69, 9.17) is 16.3 Å². The van der Waals surface area contributed by atoms with Crippen molar-refractivity contribution in [3.63, 3.8) is 0 Å². The zero-order valence-electron chi connectivity index (χ0n) is 9.38. The van der Waals surface area contributed by atoms with Crippen molar-refractivity contribution in [2.75, 3.05) is 0 Å². The first-order valence-electron chi connectivity index (χ1n) is 5.47. The summed E-state index contributed by atoms with van der Waals surface area (Å²) in [7, 11) is 0. The molecule has 0 aliphatic rings. The van der Waals surface area contributed by atoms with Crippen molar-refractivity contribution in [1.29, 1.82) is 0 Å². The van der Waals surface area contributed by atoms with Gasteiger partial charge in [0.25, 0.3) is 0 Å². The lowest BCUT2D eigenvalue weighted by Gasteiger charge is -2.07. The zero-order valence-corrected chi connectivity index (χ0v) is 10.1. The van der Waals surface area contributed by atoms with Crippen molar-refractivity contribution < 1.29 is 4.74 Å². The summed E-state index contributed by atoms with van der Waals surface area (Å²) in [6, 6.07) is 15.0. The van der Waals surface area contributed by atoms with Crippen LogP contribution >= 0.6 is 11.6 Å². The number of benzene rings is 2. The van der Waals surface area contributed by atoms with Crippen LogP contribution < -0.4 is 4.74 Å². The summed E-state index contributed by atoms with van der Waals surface area (Å²) in [6.07, 6.45) is 1.60. The lowest BCUT2D eigenvalue weighted by molar-refractivity contribution is 0.485. The van der Waals surface area contributed by atoms with Gasteiger partial charge in [-0.05, 0) is 30.3 Å². The molecule has 4 heteroatoms. The third-order valence-corrected chi connectivity index (χ3v) is 2.77. The number of halogens is 1. The molecule has 0 fully saturated rings. The molecular formula is C14H9ClN2O. The molecule has 0 aliphatic carbocycles. The van der Waals surface area contributed by atoms with Crippen molar-refractivity contribution in [1.82, 2.24) is 10.2 Å². The van der Waals surface area contributed by atoms with Gasteiger partial charge in [0.1, 0.15) is 5.75 Å². The van der Waals surface area contributed by atoms with Crippen LogP contribution in [0.25, 0.3) is 10.9 Å². The monoisotopic (exact) mass is 256 g/mol. The van der Waals surface area contributed by atoms with Gasteiger partial charge in [0.2, 0.25) is 0 Å². The van der Waals surface area contributed by atoms with Gasteiger partial charge in [0.15, 0.2) is 5.75 Å². The number of para-hydroxylation sites is 1. The average molecular weight is 257 g/mol. The van der Waals surface area contributed by atoms with Crippen molar-refractivity contribution in [2.24, 2.45) is 0 Å². The smallest absolute Gasteiger partial charge is 0.156 e. The van der Waals surface area contributed by atoms with E-state index in [2.05, 4.69) is 10.2 Å². The van der Waals surface area contributed by atoms with Gasteiger partial charge in [-0.25, -0.2) is 0 Å². The fourth-order valence-electron chi connectivity index (χ4n) is 1.71. The molecule has 1 aromatic heterocycles. The van der Waals surface area contributed by atoms with Gasteiger partial charge >= 0.3 is 0 Å². The maximum absolute atomic E-state index is 5.92. The predicted octanol–water partition coefficient (Wildman–Crippen LogP) is 4.08. The first-order chi connectivity index (χ1) is 8.83. The van der Waals surface area contributed by atoms with Crippen molar-refractivity contribution in [3.8, 4) is 11.5 Å². The summed E-state index contributed by atoms with van der Waals surface area (Å²) in [5, 5.41) is 9.47. The van der Waals surface area contributed by atoms with Crippen LogP contribution in [0.15, 0.2) is 54.7 Å². The standard InChI is InChI=1S/C14H9ClN2O/c15-10-6-7-12-13(8-10)17-16-9-14(12)18-11-4-2-1-3-5-11/h1-9H. The Labute approximate surface area is 109 Å². The molecule has 0 spiro atoms. The second kappa shape index (κ2) is 4.63. The molecule has 0 N–H and O–H groups in total. The molecule has 18 heavy (non-hydrogen) atoms. The van der Waals surface area contributed by atoms with Crippen LogP contribution in [0.4, 0.5) is 0 Å². The predicted molar refractivity (Wildman–Crippen MR) is 71.1 cm³/mol. The van der Waals surface area contributed by atoms with Gasteiger partial charge in [0.05, 0.1) is 11.7 Å². The van der Waals surface area contributed by atoms with Gasteiger partial charge in [-0.1, -0.05) is 29.8 Å². The molecule has 88 valence electrons. The molecule has 0 saturated heterocycles. The summed E-state index contributed by atoms with van der Waals surface area (Å²) in [6.45, 7) is 0. The molecule has 0 unspecified atom stereocenters. The Balaban J connectivity index is 2.07. The average Bonchev–Trinajstić information content (AvgIpc) is 2.40. The Kier molecular flexibility index (Phi) is 2.82. The number of rotatable bonds is 2. The van der Waals surface area contributed by atoms with E-state index in [1.54, 1.807) is 12.3 Å². The van der Waals surface area contributed by atoms with Gasteiger partial charge in [-0.2, -0.15) is 10.2 Å². The van der Waals surface area contributed by atoms with E-state index >= 15 is 0 Å². The third kappa shape index (κ3) is 2.13. The zero-order chi connectivity index (χ0) is 12.4. The highest BCUT2D eigenvalue weighted by Gasteiger charge is 2.05. The first kappa shape index (κ1) is 11.0. The Hall–Kier alpha value is -2.13. The minimum Gasteiger partial charge on any atom is -0.455 e. The van der Waals surface area contributed by atoms with Gasteiger partial charge in [-0.3, -0.25) is 0 Å². The molecule has 3 nitrogen and oxygen atoms in total. The number of fused-ring (bicyclic) bond motifs is 1. The molecule has 3 aromatic rings. The highest BCUT2D eigenvalue weighted by atomic mass is 35.5. The summed E-state index contributed by atoms with van der Waals surface area (Å²) in [5.74, 6) is 1.43. The maximum atomic E-state index is 5.92. The number of nitrogens with zero attached hydrogens (tertiary/aromatic N) is 2. The van der Waals surface area contributed by atoms with Crippen LogP contribution in [0, 0.1) is 0 Å². The summed E-state index contributed by atoms with van der Waals surface area (Å²) in [5.41, 5.74) is 0.718. The van der Waals surface area contributed by atoms with Crippen LogP contribution in [0.3, 0.4) is 0 Å². The molecule has 0 aliphatic heterocycles. The number of ether oxygens (including phenoxy) is 1. The molecule has 1 heterocycles. The SMILES string of the molecule is Clc1ccc2c(Oc3ccccc3)cnnc2c1. The second-order valence-electron chi connectivity index (χ2n) is 3.79.